The standard InChI is InChI=1S/C8H14BrNOS/c1-7-6-12-5-4-10(7)8(11)2-3-9/h7H,2-6H2,1H3. The van der Waals surface area contributed by atoms with Crippen molar-refractivity contribution in [2.45, 2.75) is 19.4 Å². The lowest BCUT2D eigenvalue weighted by atomic mass is 10.3. The van der Waals surface area contributed by atoms with Gasteiger partial charge in [0.2, 0.25) is 5.91 Å². The quantitative estimate of drug-likeness (QED) is 0.698. The van der Waals surface area contributed by atoms with E-state index in [2.05, 4.69) is 22.9 Å². The normalized spacial score (nSPS) is 24.2. The van der Waals surface area contributed by atoms with E-state index in [0.717, 1.165) is 23.4 Å². The van der Waals surface area contributed by atoms with Crippen LogP contribution in [0, 0.1) is 0 Å². The fourth-order valence-electron chi connectivity index (χ4n) is 1.32. The molecule has 70 valence electrons. The molecule has 0 aliphatic carbocycles. The number of thioether (sulfide) groups is 1. The van der Waals surface area contributed by atoms with Gasteiger partial charge in [-0.05, 0) is 6.92 Å². The van der Waals surface area contributed by atoms with Crippen molar-refractivity contribution in [2.24, 2.45) is 0 Å². The van der Waals surface area contributed by atoms with Crippen molar-refractivity contribution < 1.29 is 4.79 Å². The first-order valence-corrected chi connectivity index (χ1v) is 6.46. The van der Waals surface area contributed by atoms with Gasteiger partial charge in [0.25, 0.3) is 0 Å². The van der Waals surface area contributed by atoms with Crippen LogP contribution in [0.1, 0.15) is 13.3 Å². The molecular weight excluding hydrogens is 238 g/mol. The molecule has 1 unspecified atom stereocenters. The number of hydrogen-bond acceptors (Lipinski definition) is 2. The fraction of sp³-hybridized carbons (Fsp3) is 0.875. The molecule has 1 atom stereocenters. The summed E-state index contributed by atoms with van der Waals surface area (Å²) in [6.45, 7) is 3.05. The van der Waals surface area contributed by atoms with E-state index in [4.69, 9.17) is 0 Å². The lowest BCUT2D eigenvalue weighted by Gasteiger charge is -2.33. The average Bonchev–Trinajstić information content (AvgIpc) is 2.05. The van der Waals surface area contributed by atoms with Crippen molar-refractivity contribution in [1.29, 1.82) is 0 Å². The van der Waals surface area contributed by atoms with Gasteiger partial charge in [-0.15, -0.1) is 0 Å². The zero-order valence-corrected chi connectivity index (χ0v) is 9.66. The third-order valence-electron chi connectivity index (χ3n) is 2.00. The van der Waals surface area contributed by atoms with Gasteiger partial charge in [0, 0.05) is 35.8 Å². The molecule has 0 bridgehead atoms. The van der Waals surface area contributed by atoms with Crippen molar-refractivity contribution in [3.63, 3.8) is 0 Å². The minimum absolute atomic E-state index is 0.291. The highest BCUT2D eigenvalue weighted by atomic mass is 79.9. The van der Waals surface area contributed by atoms with Crippen LogP contribution >= 0.6 is 27.7 Å². The molecule has 4 heteroatoms. The number of carbonyl (C=O) groups is 1. The Labute approximate surface area is 86.2 Å². The molecule has 0 N–H and O–H groups in total. The molecule has 0 aromatic rings. The monoisotopic (exact) mass is 251 g/mol. The fourth-order valence-corrected chi connectivity index (χ4v) is 2.67. The van der Waals surface area contributed by atoms with Crippen LogP contribution < -0.4 is 0 Å². The van der Waals surface area contributed by atoms with E-state index in [-0.39, 0.29) is 0 Å². The molecule has 0 saturated carbocycles. The molecule has 1 aliphatic heterocycles. The van der Waals surface area contributed by atoms with E-state index in [1.54, 1.807) is 0 Å². The molecule has 1 heterocycles. The Kier molecular flexibility index (Phi) is 4.43. The van der Waals surface area contributed by atoms with Gasteiger partial charge in [-0.3, -0.25) is 4.79 Å². The van der Waals surface area contributed by atoms with Gasteiger partial charge in [0.1, 0.15) is 0 Å². The van der Waals surface area contributed by atoms with Crippen LogP contribution in [-0.2, 0) is 4.79 Å². The van der Waals surface area contributed by atoms with Crippen molar-refractivity contribution in [3.05, 3.63) is 0 Å². The smallest absolute Gasteiger partial charge is 0.223 e. The van der Waals surface area contributed by atoms with Gasteiger partial charge in [0.15, 0.2) is 0 Å². The van der Waals surface area contributed by atoms with Crippen LogP contribution in [0.2, 0.25) is 0 Å². The third-order valence-corrected chi connectivity index (χ3v) is 3.58. The summed E-state index contributed by atoms with van der Waals surface area (Å²) in [4.78, 5) is 13.5. The minimum atomic E-state index is 0.291. The first-order chi connectivity index (χ1) is 5.75. The Balaban J connectivity index is 2.42. The summed E-state index contributed by atoms with van der Waals surface area (Å²) in [6.07, 6.45) is 0.634. The van der Waals surface area contributed by atoms with Crippen LogP contribution in [0.5, 0.6) is 0 Å². The summed E-state index contributed by atoms with van der Waals surface area (Å²) in [5.74, 6) is 2.48. The molecule has 0 aromatic carbocycles. The Morgan fingerprint density at radius 3 is 3.08 bits per heavy atom. The summed E-state index contributed by atoms with van der Waals surface area (Å²) in [6, 6.07) is 0.426. The summed E-state index contributed by atoms with van der Waals surface area (Å²) in [5.41, 5.74) is 0. The van der Waals surface area contributed by atoms with Crippen LogP contribution in [0.25, 0.3) is 0 Å². The Hall–Kier alpha value is 0.300. The first kappa shape index (κ1) is 10.4. The highest BCUT2D eigenvalue weighted by Gasteiger charge is 2.22. The predicted octanol–water partition coefficient (Wildman–Crippen LogP) is 1.74. The van der Waals surface area contributed by atoms with E-state index in [0.29, 0.717) is 18.4 Å². The SMILES string of the molecule is CC1CSCCN1C(=O)CCBr. The van der Waals surface area contributed by atoms with E-state index in [9.17, 15) is 4.79 Å². The summed E-state index contributed by atoms with van der Waals surface area (Å²) in [7, 11) is 0. The van der Waals surface area contributed by atoms with Gasteiger partial charge >= 0.3 is 0 Å². The van der Waals surface area contributed by atoms with Crippen LogP contribution in [-0.4, -0.2) is 40.2 Å². The molecule has 2 nitrogen and oxygen atoms in total. The number of carbonyl (C=O) groups excluding carboxylic acids is 1. The van der Waals surface area contributed by atoms with Crippen LogP contribution in [0.4, 0.5) is 0 Å². The maximum absolute atomic E-state index is 11.5. The summed E-state index contributed by atoms with van der Waals surface area (Å²) >= 11 is 5.22. The van der Waals surface area contributed by atoms with Gasteiger partial charge in [0.05, 0.1) is 0 Å². The van der Waals surface area contributed by atoms with Crippen molar-refractivity contribution >= 4 is 33.6 Å². The lowest BCUT2D eigenvalue weighted by molar-refractivity contribution is -0.132. The van der Waals surface area contributed by atoms with Gasteiger partial charge in [-0.2, -0.15) is 11.8 Å². The first-order valence-electron chi connectivity index (χ1n) is 4.19. The molecule has 1 saturated heterocycles. The van der Waals surface area contributed by atoms with E-state index in [1.807, 2.05) is 16.7 Å². The molecule has 0 aromatic heterocycles. The number of amides is 1. The Morgan fingerprint density at radius 1 is 1.75 bits per heavy atom. The zero-order chi connectivity index (χ0) is 8.97. The molecule has 0 spiro atoms. The molecule has 1 amide bonds. The molecular formula is C8H14BrNOS. The number of rotatable bonds is 2. The predicted molar refractivity (Wildman–Crippen MR) is 56.9 cm³/mol. The van der Waals surface area contributed by atoms with Crippen molar-refractivity contribution in [1.82, 2.24) is 4.90 Å². The number of alkyl halides is 1. The van der Waals surface area contributed by atoms with E-state index in [1.165, 1.54) is 0 Å². The van der Waals surface area contributed by atoms with E-state index < -0.39 is 0 Å². The number of halogens is 1. The minimum Gasteiger partial charge on any atom is -0.338 e. The molecule has 1 aliphatic rings. The maximum atomic E-state index is 11.5. The van der Waals surface area contributed by atoms with Crippen LogP contribution in [0.15, 0.2) is 0 Å². The maximum Gasteiger partial charge on any atom is 0.223 e. The van der Waals surface area contributed by atoms with Gasteiger partial charge in [-0.25, -0.2) is 0 Å². The topological polar surface area (TPSA) is 20.3 Å². The average molecular weight is 252 g/mol. The molecule has 12 heavy (non-hydrogen) atoms. The highest BCUT2D eigenvalue weighted by molar-refractivity contribution is 9.09. The third kappa shape index (κ3) is 2.66. The van der Waals surface area contributed by atoms with Crippen molar-refractivity contribution in [3.8, 4) is 0 Å². The van der Waals surface area contributed by atoms with Gasteiger partial charge < -0.3 is 4.90 Å². The largest absolute Gasteiger partial charge is 0.338 e. The number of nitrogens with zero attached hydrogens (tertiary/aromatic N) is 1. The van der Waals surface area contributed by atoms with Crippen LogP contribution in [0.3, 0.4) is 0 Å². The Bertz CT molecular complexity index is 165. The molecule has 1 fully saturated rings. The lowest BCUT2D eigenvalue weighted by Crippen LogP contribution is -2.44. The molecule has 0 radical (unpaired) electrons. The summed E-state index contributed by atoms with van der Waals surface area (Å²) in [5, 5.41) is 0.780. The second-order valence-electron chi connectivity index (χ2n) is 2.95. The van der Waals surface area contributed by atoms with Gasteiger partial charge in [-0.1, -0.05) is 15.9 Å². The summed E-state index contributed by atoms with van der Waals surface area (Å²) < 4.78 is 0. The van der Waals surface area contributed by atoms with E-state index >= 15 is 0 Å². The highest BCUT2D eigenvalue weighted by Crippen LogP contribution is 2.16. The second kappa shape index (κ2) is 5.12. The second-order valence-corrected chi connectivity index (χ2v) is 4.89. The van der Waals surface area contributed by atoms with Crippen molar-refractivity contribution in [2.75, 3.05) is 23.4 Å². The Morgan fingerprint density at radius 2 is 2.50 bits per heavy atom. The molecule has 1 rings (SSSR count). The zero-order valence-electron chi connectivity index (χ0n) is 7.25. The number of hydrogen-bond donors (Lipinski definition) is 0.